The van der Waals surface area contributed by atoms with Gasteiger partial charge in [0.25, 0.3) is 0 Å². The zero-order valence-corrected chi connectivity index (χ0v) is 12.7. The van der Waals surface area contributed by atoms with Gasteiger partial charge in [-0.3, -0.25) is 0 Å². The van der Waals surface area contributed by atoms with Crippen molar-refractivity contribution in [2.45, 2.75) is 13.5 Å². The van der Waals surface area contributed by atoms with Gasteiger partial charge in [-0.25, -0.2) is 4.39 Å². The summed E-state index contributed by atoms with van der Waals surface area (Å²) >= 11 is 0. The molecule has 0 atom stereocenters. The van der Waals surface area contributed by atoms with Crippen LogP contribution >= 0.6 is 0 Å². The van der Waals surface area contributed by atoms with Crippen molar-refractivity contribution in [3.05, 3.63) is 53.8 Å². The van der Waals surface area contributed by atoms with Crippen LogP contribution in [0.4, 0.5) is 15.8 Å². The Morgan fingerprint density at radius 1 is 1.14 bits per heavy atom. The van der Waals surface area contributed by atoms with Crippen molar-refractivity contribution in [1.29, 1.82) is 0 Å². The summed E-state index contributed by atoms with van der Waals surface area (Å²) in [4.78, 5) is 1.98. The Morgan fingerprint density at radius 2 is 1.86 bits per heavy atom. The molecule has 0 radical (unpaired) electrons. The van der Waals surface area contributed by atoms with Crippen LogP contribution in [0.1, 0.15) is 12.5 Å². The van der Waals surface area contributed by atoms with Crippen LogP contribution in [-0.4, -0.2) is 20.7 Å². The zero-order chi connectivity index (χ0) is 15.2. The number of nitrogens with zero attached hydrogens (tertiary/aromatic N) is 1. The molecule has 0 fully saturated rings. The molecule has 0 bridgehead atoms. The highest BCUT2D eigenvalue weighted by Crippen LogP contribution is 2.29. The third-order valence-corrected chi connectivity index (χ3v) is 3.47. The van der Waals surface area contributed by atoms with E-state index in [4.69, 9.17) is 4.74 Å². The summed E-state index contributed by atoms with van der Waals surface area (Å²) in [6, 6.07) is 12.9. The van der Waals surface area contributed by atoms with Crippen LogP contribution in [0.3, 0.4) is 0 Å². The predicted octanol–water partition coefficient (Wildman–Crippen LogP) is 3.71. The van der Waals surface area contributed by atoms with Crippen molar-refractivity contribution in [3.63, 3.8) is 0 Å². The van der Waals surface area contributed by atoms with Gasteiger partial charge in [-0.2, -0.15) is 0 Å². The van der Waals surface area contributed by atoms with E-state index in [-0.39, 0.29) is 5.82 Å². The molecule has 0 aliphatic heterocycles. The van der Waals surface area contributed by atoms with Gasteiger partial charge in [0.2, 0.25) is 0 Å². The lowest BCUT2D eigenvalue weighted by Gasteiger charge is -2.23. The first-order valence-corrected chi connectivity index (χ1v) is 7.03. The van der Waals surface area contributed by atoms with E-state index in [0.29, 0.717) is 12.1 Å². The minimum atomic E-state index is -0.186. The van der Waals surface area contributed by atoms with Crippen LogP contribution in [-0.2, 0) is 6.54 Å². The van der Waals surface area contributed by atoms with Gasteiger partial charge in [0.05, 0.1) is 7.11 Å². The number of methoxy groups -OCH3 is 1. The Kier molecular flexibility index (Phi) is 5.17. The van der Waals surface area contributed by atoms with E-state index in [0.717, 1.165) is 23.7 Å². The molecule has 0 amide bonds. The SMILES string of the molecule is CCNCc1c(F)cccc1N(C)c1ccc(OC)cc1. The number of hydrogen-bond donors (Lipinski definition) is 1. The molecule has 0 aliphatic carbocycles. The van der Waals surface area contributed by atoms with Gasteiger partial charge in [-0.1, -0.05) is 13.0 Å². The van der Waals surface area contributed by atoms with Gasteiger partial charge in [0.1, 0.15) is 11.6 Å². The van der Waals surface area contributed by atoms with Gasteiger partial charge in [-0.15, -0.1) is 0 Å². The van der Waals surface area contributed by atoms with Crippen LogP contribution < -0.4 is 15.0 Å². The third kappa shape index (κ3) is 3.52. The maximum atomic E-state index is 14.1. The molecule has 2 aromatic carbocycles. The third-order valence-electron chi connectivity index (χ3n) is 3.47. The van der Waals surface area contributed by atoms with Crippen LogP contribution in [0.2, 0.25) is 0 Å². The van der Waals surface area contributed by atoms with Gasteiger partial charge >= 0.3 is 0 Å². The molecule has 4 heteroatoms. The van der Waals surface area contributed by atoms with Crippen molar-refractivity contribution in [2.75, 3.05) is 25.6 Å². The van der Waals surface area contributed by atoms with E-state index >= 15 is 0 Å². The van der Waals surface area contributed by atoms with Crippen molar-refractivity contribution >= 4 is 11.4 Å². The van der Waals surface area contributed by atoms with E-state index in [9.17, 15) is 4.39 Å². The van der Waals surface area contributed by atoms with Crippen molar-refractivity contribution < 1.29 is 9.13 Å². The quantitative estimate of drug-likeness (QED) is 0.877. The summed E-state index contributed by atoms with van der Waals surface area (Å²) in [5, 5.41) is 3.18. The Bertz CT molecular complexity index is 584. The molecule has 0 saturated carbocycles. The molecule has 0 saturated heterocycles. The number of rotatable bonds is 6. The molecule has 2 aromatic rings. The van der Waals surface area contributed by atoms with Crippen LogP contribution in [0.5, 0.6) is 5.75 Å². The summed E-state index contributed by atoms with van der Waals surface area (Å²) in [7, 11) is 3.58. The Balaban J connectivity index is 2.32. The second-order valence-corrected chi connectivity index (χ2v) is 4.77. The average molecular weight is 288 g/mol. The highest BCUT2D eigenvalue weighted by Gasteiger charge is 2.13. The highest BCUT2D eigenvalue weighted by atomic mass is 19.1. The van der Waals surface area contributed by atoms with Crippen molar-refractivity contribution in [3.8, 4) is 5.75 Å². The monoisotopic (exact) mass is 288 g/mol. The Morgan fingerprint density at radius 3 is 2.48 bits per heavy atom. The fourth-order valence-corrected chi connectivity index (χ4v) is 2.23. The summed E-state index contributed by atoms with van der Waals surface area (Å²) in [6.45, 7) is 3.33. The number of halogens is 1. The Labute approximate surface area is 125 Å². The largest absolute Gasteiger partial charge is 0.497 e. The number of hydrogen-bond acceptors (Lipinski definition) is 3. The van der Waals surface area contributed by atoms with Gasteiger partial charge in [-0.05, 0) is 42.9 Å². The van der Waals surface area contributed by atoms with E-state index < -0.39 is 0 Å². The molecule has 0 unspecified atom stereocenters. The van der Waals surface area contributed by atoms with Crippen LogP contribution in [0.25, 0.3) is 0 Å². The van der Waals surface area contributed by atoms with Gasteiger partial charge in [0, 0.05) is 30.5 Å². The molecular formula is C17H21FN2O. The standard InChI is InChI=1S/C17H21FN2O/c1-4-19-12-15-16(18)6-5-7-17(15)20(2)13-8-10-14(21-3)11-9-13/h5-11,19H,4,12H2,1-3H3. The summed E-state index contributed by atoms with van der Waals surface area (Å²) in [5.74, 6) is 0.619. The Hall–Kier alpha value is -2.07. The zero-order valence-electron chi connectivity index (χ0n) is 12.7. The normalized spacial score (nSPS) is 10.5. The molecule has 3 nitrogen and oxygen atoms in total. The lowest BCUT2D eigenvalue weighted by molar-refractivity contribution is 0.415. The van der Waals surface area contributed by atoms with Gasteiger partial charge in [0.15, 0.2) is 0 Å². The topological polar surface area (TPSA) is 24.5 Å². The first kappa shape index (κ1) is 15.3. The first-order valence-electron chi connectivity index (χ1n) is 7.03. The molecule has 21 heavy (non-hydrogen) atoms. The molecular weight excluding hydrogens is 267 g/mol. The lowest BCUT2D eigenvalue weighted by atomic mass is 10.1. The van der Waals surface area contributed by atoms with Crippen LogP contribution in [0.15, 0.2) is 42.5 Å². The first-order chi connectivity index (χ1) is 10.2. The number of nitrogens with one attached hydrogen (secondary N) is 1. The molecule has 112 valence electrons. The summed E-state index contributed by atoms with van der Waals surface area (Å²) in [6.07, 6.45) is 0. The number of ether oxygens (including phenoxy) is 1. The van der Waals surface area contributed by atoms with E-state index in [1.807, 2.05) is 49.2 Å². The van der Waals surface area contributed by atoms with Crippen molar-refractivity contribution in [1.82, 2.24) is 5.32 Å². The smallest absolute Gasteiger partial charge is 0.129 e. The van der Waals surface area contributed by atoms with E-state index in [1.54, 1.807) is 13.2 Å². The van der Waals surface area contributed by atoms with Crippen LogP contribution in [0, 0.1) is 5.82 Å². The molecule has 0 aromatic heterocycles. The maximum Gasteiger partial charge on any atom is 0.129 e. The fraction of sp³-hybridized carbons (Fsp3) is 0.294. The second kappa shape index (κ2) is 7.09. The lowest BCUT2D eigenvalue weighted by Crippen LogP contribution is -2.18. The number of anilines is 2. The molecule has 0 spiro atoms. The highest BCUT2D eigenvalue weighted by molar-refractivity contribution is 5.66. The average Bonchev–Trinajstić information content (AvgIpc) is 2.53. The molecule has 1 N–H and O–H groups in total. The summed E-state index contributed by atoms with van der Waals surface area (Å²) < 4.78 is 19.2. The fourth-order valence-electron chi connectivity index (χ4n) is 2.23. The minimum absolute atomic E-state index is 0.186. The number of benzene rings is 2. The minimum Gasteiger partial charge on any atom is -0.497 e. The predicted molar refractivity (Wildman–Crippen MR) is 84.8 cm³/mol. The molecule has 2 rings (SSSR count). The maximum absolute atomic E-state index is 14.1. The van der Waals surface area contributed by atoms with E-state index in [2.05, 4.69) is 5.32 Å². The second-order valence-electron chi connectivity index (χ2n) is 4.77. The van der Waals surface area contributed by atoms with Gasteiger partial charge < -0.3 is 15.0 Å². The molecule has 0 heterocycles. The summed E-state index contributed by atoms with van der Waals surface area (Å²) in [5.41, 5.74) is 2.53. The van der Waals surface area contributed by atoms with E-state index in [1.165, 1.54) is 6.07 Å². The van der Waals surface area contributed by atoms with Crippen molar-refractivity contribution in [2.24, 2.45) is 0 Å². The molecule has 0 aliphatic rings.